The summed E-state index contributed by atoms with van der Waals surface area (Å²) < 4.78 is 11.5. The molecule has 0 bridgehead atoms. The highest BCUT2D eigenvalue weighted by molar-refractivity contribution is 5.93. The van der Waals surface area contributed by atoms with Crippen molar-refractivity contribution < 1.29 is 14.3 Å². The van der Waals surface area contributed by atoms with Crippen LogP contribution in [-0.4, -0.2) is 23.2 Å². The van der Waals surface area contributed by atoms with Gasteiger partial charge in [-0.15, -0.1) is 0 Å². The molecule has 1 aromatic rings. The first kappa shape index (κ1) is 13.6. The van der Waals surface area contributed by atoms with E-state index in [1.165, 1.54) is 0 Å². The molecule has 2 aliphatic heterocycles. The van der Waals surface area contributed by atoms with Crippen molar-refractivity contribution in [1.82, 2.24) is 4.98 Å². The van der Waals surface area contributed by atoms with Crippen molar-refractivity contribution in [1.29, 1.82) is 0 Å². The van der Waals surface area contributed by atoms with Gasteiger partial charge >= 0.3 is 0 Å². The second kappa shape index (κ2) is 5.57. The number of amides is 1. The number of pyridine rings is 1. The van der Waals surface area contributed by atoms with Gasteiger partial charge in [-0.3, -0.25) is 10.5 Å². The average Bonchev–Trinajstić information content (AvgIpc) is 2.79. The van der Waals surface area contributed by atoms with E-state index in [-0.39, 0.29) is 12.0 Å². The zero-order chi connectivity index (χ0) is 14.8. The van der Waals surface area contributed by atoms with Crippen LogP contribution >= 0.6 is 0 Å². The molecule has 2 aliphatic rings. The number of nitrogens with zero attached hydrogens (tertiary/aromatic N) is 1. The summed E-state index contributed by atoms with van der Waals surface area (Å²) in [6.45, 7) is 3.64. The lowest BCUT2D eigenvalue weighted by Crippen LogP contribution is -2.35. The fourth-order valence-electron chi connectivity index (χ4n) is 2.49. The molecule has 2 atom stereocenters. The van der Waals surface area contributed by atoms with Gasteiger partial charge in [0.05, 0.1) is 0 Å². The van der Waals surface area contributed by atoms with E-state index in [1.807, 2.05) is 0 Å². The SMILES string of the molecule is C=C/C=C1\CC(Oc2ccnc3c2CCC(=O)N3)[C@H](N)O1. The minimum absolute atomic E-state index is 0.0238. The minimum Gasteiger partial charge on any atom is -0.484 e. The Kier molecular flexibility index (Phi) is 3.62. The lowest BCUT2D eigenvalue weighted by Gasteiger charge is -2.22. The van der Waals surface area contributed by atoms with Crippen molar-refractivity contribution in [3.63, 3.8) is 0 Å². The first-order valence-corrected chi connectivity index (χ1v) is 6.85. The number of nitrogens with two attached hydrogens (primary N) is 1. The number of nitrogens with one attached hydrogen (secondary N) is 1. The van der Waals surface area contributed by atoms with E-state index in [2.05, 4.69) is 16.9 Å². The number of hydrogen-bond donors (Lipinski definition) is 2. The topological polar surface area (TPSA) is 86.5 Å². The smallest absolute Gasteiger partial charge is 0.225 e. The van der Waals surface area contributed by atoms with E-state index in [9.17, 15) is 4.79 Å². The minimum atomic E-state index is -0.516. The van der Waals surface area contributed by atoms with Crippen LogP contribution in [0.2, 0.25) is 0 Å². The van der Waals surface area contributed by atoms with Gasteiger partial charge in [-0.2, -0.15) is 0 Å². The number of ether oxygens (including phenoxy) is 2. The van der Waals surface area contributed by atoms with Crippen LogP contribution in [0.3, 0.4) is 0 Å². The third-order valence-electron chi connectivity index (χ3n) is 3.51. The Labute approximate surface area is 122 Å². The van der Waals surface area contributed by atoms with Crippen molar-refractivity contribution in [2.24, 2.45) is 5.73 Å². The summed E-state index contributed by atoms with van der Waals surface area (Å²) in [5.74, 6) is 2.00. The van der Waals surface area contributed by atoms with Crippen LogP contribution < -0.4 is 15.8 Å². The van der Waals surface area contributed by atoms with E-state index in [0.717, 1.165) is 11.3 Å². The molecule has 1 fully saturated rings. The lowest BCUT2D eigenvalue weighted by atomic mass is 10.1. The van der Waals surface area contributed by atoms with Crippen LogP contribution in [0.4, 0.5) is 5.82 Å². The van der Waals surface area contributed by atoms with E-state index in [4.69, 9.17) is 15.2 Å². The lowest BCUT2D eigenvalue weighted by molar-refractivity contribution is -0.116. The molecular weight excluding hydrogens is 270 g/mol. The number of carbonyl (C=O) groups is 1. The van der Waals surface area contributed by atoms with E-state index in [0.29, 0.717) is 30.8 Å². The van der Waals surface area contributed by atoms with E-state index >= 15 is 0 Å². The highest BCUT2D eigenvalue weighted by Crippen LogP contribution is 2.32. The van der Waals surface area contributed by atoms with Gasteiger partial charge in [-0.05, 0) is 18.6 Å². The Morgan fingerprint density at radius 1 is 1.52 bits per heavy atom. The Balaban J connectivity index is 1.80. The molecule has 110 valence electrons. The van der Waals surface area contributed by atoms with Crippen molar-refractivity contribution in [3.05, 3.63) is 42.3 Å². The quantitative estimate of drug-likeness (QED) is 0.879. The third kappa shape index (κ3) is 2.75. The van der Waals surface area contributed by atoms with E-state index < -0.39 is 6.23 Å². The Morgan fingerprint density at radius 2 is 2.38 bits per heavy atom. The molecule has 3 N–H and O–H groups in total. The van der Waals surface area contributed by atoms with Gasteiger partial charge in [0, 0.05) is 24.6 Å². The second-order valence-corrected chi connectivity index (χ2v) is 5.00. The summed E-state index contributed by atoms with van der Waals surface area (Å²) in [5, 5.41) is 2.75. The van der Waals surface area contributed by atoms with Gasteiger partial charge in [0.1, 0.15) is 17.3 Å². The maximum atomic E-state index is 11.4. The molecule has 0 aromatic carbocycles. The highest BCUT2D eigenvalue weighted by atomic mass is 16.6. The molecular formula is C15H17N3O3. The summed E-state index contributed by atoms with van der Waals surface area (Å²) in [6, 6.07) is 1.79. The average molecular weight is 287 g/mol. The third-order valence-corrected chi connectivity index (χ3v) is 3.51. The number of anilines is 1. The molecule has 1 amide bonds. The van der Waals surface area contributed by atoms with Gasteiger partial charge in [-0.25, -0.2) is 4.98 Å². The predicted molar refractivity (Wildman–Crippen MR) is 77.6 cm³/mol. The molecule has 1 saturated heterocycles. The Hall–Kier alpha value is -2.34. The fraction of sp³-hybridized carbons (Fsp3) is 0.333. The monoisotopic (exact) mass is 287 g/mol. The summed E-state index contributed by atoms with van der Waals surface area (Å²) in [6.07, 6.45) is 5.92. The fourth-order valence-corrected chi connectivity index (χ4v) is 2.49. The van der Waals surface area contributed by atoms with Crippen LogP contribution in [0, 0.1) is 0 Å². The molecule has 3 heterocycles. The van der Waals surface area contributed by atoms with Crippen LogP contribution in [0.1, 0.15) is 18.4 Å². The number of rotatable bonds is 3. The van der Waals surface area contributed by atoms with Gasteiger partial charge in [0.2, 0.25) is 5.91 Å². The Morgan fingerprint density at radius 3 is 3.19 bits per heavy atom. The molecule has 3 rings (SSSR count). The number of carbonyl (C=O) groups excluding carboxylic acids is 1. The maximum Gasteiger partial charge on any atom is 0.225 e. The number of allylic oxidation sites excluding steroid dienone is 2. The van der Waals surface area contributed by atoms with Gasteiger partial charge in [-0.1, -0.05) is 12.7 Å². The predicted octanol–water partition coefficient (Wildman–Crippen LogP) is 1.49. The molecule has 0 aliphatic carbocycles. The van der Waals surface area contributed by atoms with Crippen LogP contribution in [0.5, 0.6) is 5.75 Å². The van der Waals surface area contributed by atoms with Crippen molar-refractivity contribution in [2.75, 3.05) is 5.32 Å². The van der Waals surface area contributed by atoms with E-state index in [1.54, 1.807) is 24.4 Å². The highest BCUT2D eigenvalue weighted by Gasteiger charge is 2.32. The summed E-state index contributed by atoms with van der Waals surface area (Å²) in [5.41, 5.74) is 6.85. The molecule has 1 aromatic heterocycles. The molecule has 0 spiro atoms. The van der Waals surface area contributed by atoms with Crippen LogP contribution in [-0.2, 0) is 16.0 Å². The molecule has 1 unspecified atom stereocenters. The first-order valence-electron chi connectivity index (χ1n) is 6.85. The zero-order valence-electron chi connectivity index (χ0n) is 11.5. The maximum absolute atomic E-state index is 11.4. The molecule has 0 saturated carbocycles. The van der Waals surface area contributed by atoms with Crippen LogP contribution in [0.25, 0.3) is 0 Å². The van der Waals surface area contributed by atoms with Crippen molar-refractivity contribution in [3.8, 4) is 5.75 Å². The van der Waals surface area contributed by atoms with Crippen molar-refractivity contribution in [2.45, 2.75) is 31.6 Å². The van der Waals surface area contributed by atoms with Crippen LogP contribution in [0.15, 0.2) is 36.8 Å². The number of hydrogen-bond acceptors (Lipinski definition) is 5. The Bertz CT molecular complexity index is 612. The number of fused-ring (bicyclic) bond motifs is 1. The second-order valence-electron chi connectivity index (χ2n) is 5.00. The van der Waals surface area contributed by atoms with Gasteiger partial charge < -0.3 is 14.8 Å². The summed E-state index contributed by atoms with van der Waals surface area (Å²) in [4.78, 5) is 15.6. The van der Waals surface area contributed by atoms with Crippen molar-refractivity contribution >= 4 is 11.7 Å². The summed E-state index contributed by atoms with van der Waals surface area (Å²) >= 11 is 0. The summed E-state index contributed by atoms with van der Waals surface area (Å²) in [7, 11) is 0. The molecule has 21 heavy (non-hydrogen) atoms. The standard InChI is InChI=1S/C15H17N3O3/c1-2-3-9-8-12(14(16)20-9)21-11-6-7-17-15-10(11)4-5-13(19)18-15/h2-3,6-7,12,14H,1,4-5,8,16H2,(H,17,18,19)/b9-3+/t12?,14-/m1/s1. The largest absolute Gasteiger partial charge is 0.484 e. The van der Waals surface area contributed by atoms with Gasteiger partial charge in [0.25, 0.3) is 0 Å². The molecule has 6 heteroatoms. The first-order chi connectivity index (χ1) is 10.2. The normalized spacial score (nSPS) is 26.0. The number of aromatic nitrogens is 1. The molecule has 6 nitrogen and oxygen atoms in total. The van der Waals surface area contributed by atoms with Gasteiger partial charge in [0.15, 0.2) is 12.3 Å². The zero-order valence-corrected chi connectivity index (χ0v) is 11.5. The molecule has 0 radical (unpaired) electrons.